The minimum Gasteiger partial charge on any atom is -0.294 e. The zero-order valence-corrected chi connectivity index (χ0v) is 12.0. The number of carbonyl (C=O) groups excluding carboxylic acids is 1. The molecule has 0 radical (unpaired) electrons. The van der Waals surface area contributed by atoms with Gasteiger partial charge in [0.1, 0.15) is 0 Å². The molecule has 3 aromatic rings. The molecule has 1 aromatic heterocycles. The molecule has 0 bridgehead atoms. The van der Waals surface area contributed by atoms with E-state index >= 15 is 0 Å². The van der Waals surface area contributed by atoms with E-state index in [1.807, 2.05) is 42.5 Å². The summed E-state index contributed by atoms with van der Waals surface area (Å²) in [4.78, 5) is 13.6. The molecular weight excluding hydrogens is 264 g/mol. The SMILES string of the molecule is CC(=O)c1cc(-c2ccccc2)c(-c2ccccc2)s1. The van der Waals surface area contributed by atoms with Gasteiger partial charge < -0.3 is 0 Å². The van der Waals surface area contributed by atoms with E-state index in [4.69, 9.17) is 0 Å². The Hall–Kier alpha value is -2.19. The van der Waals surface area contributed by atoms with E-state index in [-0.39, 0.29) is 5.78 Å². The molecule has 1 nitrogen and oxygen atoms in total. The van der Waals surface area contributed by atoms with E-state index in [1.54, 1.807) is 18.3 Å². The second-order valence-corrected chi connectivity index (χ2v) is 5.69. The summed E-state index contributed by atoms with van der Waals surface area (Å²) in [6.45, 7) is 1.62. The average molecular weight is 278 g/mol. The van der Waals surface area contributed by atoms with Gasteiger partial charge in [-0.05, 0) is 24.1 Å². The summed E-state index contributed by atoms with van der Waals surface area (Å²) in [7, 11) is 0. The summed E-state index contributed by atoms with van der Waals surface area (Å²) < 4.78 is 0. The van der Waals surface area contributed by atoms with Crippen LogP contribution in [0.5, 0.6) is 0 Å². The first-order valence-corrected chi connectivity index (χ1v) is 7.33. The minimum atomic E-state index is 0.120. The third-order valence-corrected chi connectivity index (χ3v) is 4.48. The van der Waals surface area contributed by atoms with E-state index in [2.05, 4.69) is 24.3 Å². The van der Waals surface area contributed by atoms with Crippen molar-refractivity contribution >= 4 is 17.1 Å². The Morgan fingerprint density at radius 3 is 1.95 bits per heavy atom. The molecule has 0 aliphatic heterocycles. The first-order chi connectivity index (χ1) is 9.75. The predicted molar refractivity (Wildman–Crippen MR) is 85.2 cm³/mol. The Balaban J connectivity index is 2.20. The highest BCUT2D eigenvalue weighted by Gasteiger charge is 2.14. The molecule has 0 amide bonds. The molecule has 20 heavy (non-hydrogen) atoms. The zero-order chi connectivity index (χ0) is 13.9. The van der Waals surface area contributed by atoms with Crippen LogP contribution in [0.3, 0.4) is 0 Å². The summed E-state index contributed by atoms with van der Waals surface area (Å²) in [6.07, 6.45) is 0. The van der Waals surface area contributed by atoms with Crippen LogP contribution >= 0.6 is 11.3 Å². The molecule has 0 aliphatic carbocycles. The second-order valence-electron chi connectivity index (χ2n) is 4.64. The van der Waals surface area contributed by atoms with E-state index in [0.29, 0.717) is 0 Å². The highest BCUT2D eigenvalue weighted by molar-refractivity contribution is 7.18. The number of thiophene rings is 1. The lowest BCUT2D eigenvalue weighted by molar-refractivity contribution is 0.102. The maximum Gasteiger partial charge on any atom is 0.169 e. The molecule has 0 fully saturated rings. The van der Waals surface area contributed by atoms with Crippen molar-refractivity contribution in [2.75, 3.05) is 0 Å². The van der Waals surface area contributed by atoms with Gasteiger partial charge in [-0.3, -0.25) is 4.79 Å². The number of hydrogen-bond donors (Lipinski definition) is 0. The number of Topliss-reactive ketones (excluding diaryl/α,β-unsaturated/α-hetero) is 1. The smallest absolute Gasteiger partial charge is 0.169 e. The summed E-state index contributed by atoms with van der Waals surface area (Å²) in [5, 5.41) is 0. The molecule has 0 unspecified atom stereocenters. The standard InChI is InChI=1S/C18H14OS/c1-13(19)17-12-16(14-8-4-2-5-9-14)18(20-17)15-10-6-3-7-11-15/h2-12H,1H3. The third kappa shape index (κ3) is 2.43. The molecule has 0 atom stereocenters. The van der Waals surface area contributed by atoms with Crippen LogP contribution in [0.1, 0.15) is 16.6 Å². The van der Waals surface area contributed by atoms with Crippen LogP contribution in [0.25, 0.3) is 21.6 Å². The average Bonchev–Trinajstić information content (AvgIpc) is 2.94. The summed E-state index contributed by atoms with van der Waals surface area (Å²) >= 11 is 1.57. The Kier molecular flexibility index (Phi) is 3.48. The largest absolute Gasteiger partial charge is 0.294 e. The molecule has 1 heterocycles. The van der Waals surface area contributed by atoms with Crippen LogP contribution in [0.4, 0.5) is 0 Å². The molecule has 2 aromatic carbocycles. The van der Waals surface area contributed by atoms with Crippen LogP contribution in [-0.2, 0) is 0 Å². The van der Waals surface area contributed by atoms with Crippen molar-refractivity contribution in [3.8, 4) is 21.6 Å². The van der Waals surface area contributed by atoms with Gasteiger partial charge in [0.2, 0.25) is 0 Å². The fraction of sp³-hybridized carbons (Fsp3) is 0.0556. The normalized spacial score (nSPS) is 10.4. The third-order valence-electron chi connectivity index (χ3n) is 3.20. The molecule has 0 aliphatic rings. The van der Waals surface area contributed by atoms with Gasteiger partial charge in [-0.1, -0.05) is 60.7 Å². The van der Waals surface area contributed by atoms with Crippen LogP contribution in [0, 0.1) is 0 Å². The lowest BCUT2D eigenvalue weighted by atomic mass is 10.0. The number of hydrogen-bond acceptors (Lipinski definition) is 2. The van der Waals surface area contributed by atoms with Crippen molar-refractivity contribution < 1.29 is 4.79 Å². The van der Waals surface area contributed by atoms with E-state index in [9.17, 15) is 4.79 Å². The summed E-state index contributed by atoms with van der Waals surface area (Å²) in [5.74, 6) is 0.120. The fourth-order valence-electron chi connectivity index (χ4n) is 2.20. The van der Waals surface area contributed by atoms with Crippen LogP contribution in [0.2, 0.25) is 0 Å². The van der Waals surface area contributed by atoms with Crippen molar-refractivity contribution in [2.45, 2.75) is 6.92 Å². The van der Waals surface area contributed by atoms with Gasteiger partial charge in [-0.25, -0.2) is 0 Å². The van der Waals surface area contributed by atoms with Gasteiger partial charge >= 0.3 is 0 Å². The molecule has 0 spiro atoms. The highest BCUT2D eigenvalue weighted by Crippen LogP contribution is 2.39. The molecule has 0 saturated heterocycles. The summed E-state index contributed by atoms with van der Waals surface area (Å²) in [5.41, 5.74) is 3.44. The quantitative estimate of drug-likeness (QED) is 0.595. The number of carbonyl (C=O) groups is 1. The van der Waals surface area contributed by atoms with Gasteiger partial charge in [0.05, 0.1) is 4.88 Å². The first-order valence-electron chi connectivity index (χ1n) is 6.51. The monoisotopic (exact) mass is 278 g/mol. The fourth-order valence-corrected chi connectivity index (χ4v) is 3.28. The molecular formula is C18H14OS. The predicted octanol–water partition coefficient (Wildman–Crippen LogP) is 5.28. The van der Waals surface area contributed by atoms with Crippen molar-refractivity contribution in [3.63, 3.8) is 0 Å². The maximum absolute atomic E-state index is 11.7. The minimum absolute atomic E-state index is 0.120. The van der Waals surface area contributed by atoms with Crippen LogP contribution in [0.15, 0.2) is 66.7 Å². The second kappa shape index (κ2) is 5.43. The Morgan fingerprint density at radius 1 is 0.850 bits per heavy atom. The lowest BCUT2D eigenvalue weighted by Crippen LogP contribution is -1.84. The first kappa shape index (κ1) is 12.8. The zero-order valence-electron chi connectivity index (χ0n) is 11.2. The van der Waals surface area contributed by atoms with Crippen molar-refractivity contribution in [2.24, 2.45) is 0 Å². The van der Waals surface area contributed by atoms with Gasteiger partial charge in [0, 0.05) is 10.4 Å². The van der Waals surface area contributed by atoms with E-state index in [1.165, 1.54) is 0 Å². The molecule has 2 heteroatoms. The lowest BCUT2D eigenvalue weighted by Gasteiger charge is -2.03. The van der Waals surface area contributed by atoms with Gasteiger partial charge in [-0.2, -0.15) is 0 Å². The Bertz CT molecular complexity index is 670. The highest BCUT2D eigenvalue weighted by atomic mass is 32.1. The van der Waals surface area contributed by atoms with Crippen molar-refractivity contribution in [1.82, 2.24) is 0 Å². The summed E-state index contributed by atoms with van der Waals surface area (Å²) in [6, 6.07) is 22.4. The topological polar surface area (TPSA) is 17.1 Å². The van der Waals surface area contributed by atoms with Crippen LogP contribution < -0.4 is 0 Å². The molecule has 3 rings (SSSR count). The van der Waals surface area contributed by atoms with Crippen molar-refractivity contribution in [1.29, 1.82) is 0 Å². The number of rotatable bonds is 3. The molecule has 0 N–H and O–H groups in total. The van der Waals surface area contributed by atoms with Gasteiger partial charge in [0.15, 0.2) is 5.78 Å². The van der Waals surface area contributed by atoms with E-state index < -0.39 is 0 Å². The van der Waals surface area contributed by atoms with Gasteiger partial charge in [0.25, 0.3) is 0 Å². The Morgan fingerprint density at radius 2 is 1.40 bits per heavy atom. The molecule has 0 saturated carbocycles. The van der Waals surface area contributed by atoms with E-state index in [0.717, 1.165) is 26.4 Å². The van der Waals surface area contributed by atoms with Gasteiger partial charge in [-0.15, -0.1) is 11.3 Å². The van der Waals surface area contributed by atoms with Crippen molar-refractivity contribution in [3.05, 3.63) is 71.6 Å². The van der Waals surface area contributed by atoms with Crippen LogP contribution in [-0.4, -0.2) is 5.78 Å². The number of benzene rings is 2. The number of ketones is 1. The Labute approximate surface area is 122 Å². The maximum atomic E-state index is 11.7. The molecule has 98 valence electrons.